The highest BCUT2D eigenvalue weighted by Gasteiger charge is 2.36. The van der Waals surface area contributed by atoms with Gasteiger partial charge < -0.3 is 9.47 Å². The molecule has 1 aliphatic heterocycles. The number of amides is 2. The second-order valence-electron chi connectivity index (χ2n) is 7.34. The molecular formula is C25H18N2O7S. The minimum absolute atomic E-state index is 0.159. The van der Waals surface area contributed by atoms with Crippen LogP contribution in [0.3, 0.4) is 0 Å². The van der Waals surface area contributed by atoms with Gasteiger partial charge in [-0.3, -0.25) is 24.6 Å². The van der Waals surface area contributed by atoms with Crippen molar-refractivity contribution in [1.82, 2.24) is 4.90 Å². The third-order valence-corrected chi connectivity index (χ3v) is 5.99. The Balaban J connectivity index is 1.49. The van der Waals surface area contributed by atoms with Gasteiger partial charge in [-0.15, -0.1) is 0 Å². The number of benzene rings is 3. The summed E-state index contributed by atoms with van der Waals surface area (Å²) in [5.41, 5.74) is 0.976. The fourth-order valence-electron chi connectivity index (χ4n) is 3.34. The average Bonchev–Trinajstić information content (AvgIpc) is 3.11. The molecule has 0 N–H and O–H groups in total. The molecule has 9 nitrogen and oxygen atoms in total. The quantitative estimate of drug-likeness (QED) is 0.148. The summed E-state index contributed by atoms with van der Waals surface area (Å²) in [7, 11) is 1.53. The second-order valence-corrected chi connectivity index (χ2v) is 8.34. The van der Waals surface area contributed by atoms with Crippen LogP contribution in [0.1, 0.15) is 21.5 Å². The Morgan fingerprint density at radius 2 is 1.77 bits per heavy atom. The number of para-hydroxylation sites is 1. The topological polar surface area (TPSA) is 116 Å². The predicted molar refractivity (Wildman–Crippen MR) is 129 cm³/mol. The number of nitrogens with zero attached hydrogens (tertiary/aromatic N) is 2. The van der Waals surface area contributed by atoms with E-state index in [9.17, 15) is 24.5 Å². The van der Waals surface area contributed by atoms with Crippen LogP contribution in [-0.2, 0) is 11.3 Å². The van der Waals surface area contributed by atoms with Crippen molar-refractivity contribution in [2.24, 2.45) is 0 Å². The lowest BCUT2D eigenvalue weighted by atomic mass is 10.1. The summed E-state index contributed by atoms with van der Waals surface area (Å²) in [6.45, 7) is -0.210. The van der Waals surface area contributed by atoms with Gasteiger partial charge in [0.05, 0.1) is 29.0 Å². The molecule has 0 saturated carbocycles. The zero-order chi connectivity index (χ0) is 24.9. The Bertz CT molecular complexity index is 1350. The van der Waals surface area contributed by atoms with E-state index in [-0.39, 0.29) is 28.5 Å². The van der Waals surface area contributed by atoms with Gasteiger partial charge in [-0.25, -0.2) is 4.79 Å². The molecule has 2 amide bonds. The van der Waals surface area contributed by atoms with E-state index in [1.165, 1.54) is 31.4 Å². The summed E-state index contributed by atoms with van der Waals surface area (Å²) in [6.07, 6.45) is 1.51. The normalized spacial score (nSPS) is 14.3. The molecule has 0 spiro atoms. The SMILES string of the molecule is COc1ccc(C(=O)Oc2cccc(/C=C3\SC(=O)N(Cc4ccccc4[N+](=O)[O-])C3=O)c2)cc1. The first-order valence-electron chi connectivity index (χ1n) is 10.3. The molecule has 1 saturated heterocycles. The maximum Gasteiger partial charge on any atom is 0.343 e. The molecule has 0 aromatic heterocycles. The van der Waals surface area contributed by atoms with E-state index in [1.807, 2.05) is 0 Å². The van der Waals surface area contributed by atoms with E-state index in [2.05, 4.69) is 0 Å². The largest absolute Gasteiger partial charge is 0.497 e. The molecule has 3 aromatic carbocycles. The smallest absolute Gasteiger partial charge is 0.343 e. The lowest BCUT2D eigenvalue weighted by Crippen LogP contribution is -2.27. The lowest BCUT2D eigenvalue weighted by molar-refractivity contribution is -0.385. The fraction of sp³-hybridized carbons (Fsp3) is 0.0800. The van der Waals surface area contributed by atoms with E-state index >= 15 is 0 Å². The Morgan fingerprint density at radius 1 is 1.03 bits per heavy atom. The number of nitro benzene ring substituents is 1. The number of ether oxygens (including phenoxy) is 2. The zero-order valence-electron chi connectivity index (χ0n) is 18.4. The van der Waals surface area contributed by atoms with Crippen molar-refractivity contribution in [3.05, 3.63) is 105 Å². The standard InChI is InChI=1S/C25H18N2O7S/c1-33-19-11-9-17(10-12-19)24(29)34-20-7-4-5-16(13-20)14-22-23(28)26(25(30)35-22)15-18-6-2-3-8-21(18)27(31)32/h2-14H,15H2,1H3/b22-14-. The Labute approximate surface area is 204 Å². The molecule has 0 unspecified atom stereocenters. The number of thioether (sulfide) groups is 1. The third kappa shape index (κ3) is 5.39. The number of esters is 1. The van der Waals surface area contributed by atoms with Crippen LogP contribution in [0.25, 0.3) is 6.08 Å². The summed E-state index contributed by atoms with van der Waals surface area (Å²) in [6, 6.07) is 18.9. The van der Waals surface area contributed by atoms with Gasteiger partial charge in [0.2, 0.25) is 0 Å². The number of carbonyl (C=O) groups is 3. The van der Waals surface area contributed by atoms with Crippen molar-refractivity contribution < 1.29 is 28.8 Å². The minimum Gasteiger partial charge on any atom is -0.497 e. The van der Waals surface area contributed by atoms with Crippen LogP contribution in [0.5, 0.6) is 11.5 Å². The molecule has 0 radical (unpaired) electrons. The third-order valence-electron chi connectivity index (χ3n) is 5.08. The van der Waals surface area contributed by atoms with Gasteiger partial charge in [0.1, 0.15) is 11.5 Å². The Kier molecular flexibility index (Phi) is 6.93. The van der Waals surface area contributed by atoms with Gasteiger partial charge >= 0.3 is 5.97 Å². The first kappa shape index (κ1) is 23.7. The van der Waals surface area contributed by atoms with Gasteiger partial charge in [0.25, 0.3) is 16.8 Å². The maximum absolute atomic E-state index is 12.9. The Hall–Kier alpha value is -4.44. The molecule has 0 atom stereocenters. The number of carbonyl (C=O) groups excluding carboxylic acids is 3. The molecule has 0 aliphatic carbocycles. The van der Waals surface area contributed by atoms with Crippen molar-refractivity contribution in [3.8, 4) is 11.5 Å². The predicted octanol–water partition coefficient (Wildman–Crippen LogP) is 5.06. The van der Waals surface area contributed by atoms with Crippen LogP contribution >= 0.6 is 11.8 Å². The van der Waals surface area contributed by atoms with Gasteiger partial charge in [0, 0.05) is 11.6 Å². The maximum atomic E-state index is 12.9. The van der Waals surface area contributed by atoms with Crippen molar-refractivity contribution in [2.45, 2.75) is 6.54 Å². The lowest BCUT2D eigenvalue weighted by Gasteiger charge is -2.12. The first-order chi connectivity index (χ1) is 16.9. The van der Waals surface area contributed by atoms with Crippen molar-refractivity contribution >= 4 is 40.6 Å². The van der Waals surface area contributed by atoms with E-state index in [0.29, 0.717) is 16.9 Å². The number of methoxy groups -OCH3 is 1. The molecule has 1 aliphatic rings. The molecule has 10 heteroatoms. The number of hydrogen-bond donors (Lipinski definition) is 0. The Morgan fingerprint density at radius 3 is 2.49 bits per heavy atom. The molecule has 4 rings (SSSR count). The first-order valence-corrected chi connectivity index (χ1v) is 11.1. The van der Waals surface area contributed by atoms with Gasteiger partial charge in [-0.2, -0.15) is 0 Å². The van der Waals surface area contributed by atoms with Gasteiger partial charge in [0.15, 0.2) is 0 Å². The highest BCUT2D eigenvalue weighted by Crippen LogP contribution is 2.34. The second kappa shape index (κ2) is 10.2. The van der Waals surface area contributed by atoms with Crippen molar-refractivity contribution in [1.29, 1.82) is 0 Å². The van der Waals surface area contributed by atoms with Crippen molar-refractivity contribution in [3.63, 3.8) is 0 Å². The van der Waals surface area contributed by atoms with E-state index in [0.717, 1.165) is 16.7 Å². The van der Waals surface area contributed by atoms with Crippen LogP contribution in [0.4, 0.5) is 10.5 Å². The number of imide groups is 1. The van der Waals surface area contributed by atoms with Crippen molar-refractivity contribution in [2.75, 3.05) is 7.11 Å². The fourth-order valence-corrected chi connectivity index (χ4v) is 4.18. The summed E-state index contributed by atoms with van der Waals surface area (Å²) in [4.78, 5) is 49.6. The summed E-state index contributed by atoms with van der Waals surface area (Å²) < 4.78 is 10.5. The molecule has 35 heavy (non-hydrogen) atoms. The summed E-state index contributed by atoms with van der Waals surface area (Å²) >= 11 is 0.739. The van der Waals surface area contributed by atoms with Crippen LogP contribution in [0.15, 0.2) is 77.7 Å². The summed E-state index contributed by atoms with van der Waals surface area (Å²) in [5, 5.41) is 10.7. The number of nitro groups is 1. The molecular weight excluding hydrogens is 472 g/mol. The highest BCUT2D eigenvalue weighted by molar-refractivity contribution is 8.18. The molecule has 1 heterocycles. The van der Waals surface area contributed by atoms with Crippen LogP contribution in [0.2, 0.25) is 0 Å². The van der Waals surface area contributed by atoms with Crippen LogP contribution in [0, 0.1) is 10.1 Å². The molecule has 3 aromatic rings. The van der Waals surface area contributed by atoms with Gasteiger partial charge in [-0.05, 0) is 59.8 Å². The number of rotatable bonds is 7. The highest BCUT2D eigenvalue weighted by atomic mass is 32.2. The molecule has 1 fully saturated rings. The number of hydrogen-bond acceptors (Lipinski definition) is 8. The van der Waals surface area contributed by atoms with E-state index in [4.69, 9.17) is 9.47 Å². The van der Waals surface area contributed by atoms with E-state index in [1.54, 1.807) is 54.6 Å². The molecule has 0 bridgehead atoms. The molecule has 176 valence electrons. The minimum atomic E-state index is -0.561. The zero-order valence-corrected chi connectivity index (χ0v) is 19.2. The average molecular weight is 490 g/mol. The van der Waals surface area contributed by atoms with Crippen LogP contribution < -0.4 is 9.47 Å². The summed E-state index contributed by atoms with van der Waals surface area (Å²) in [5.74, 6) is -0.244. The van der Waals surface area contributed by atoms with Crippen LogP contribution in [-0.4, -0.2) is 34.0 Å². The van der Waals surface area contributed by atoms with E-state index < -0.39 is 22.0 Å². The van der Waals surface area contributed by atoms with Gasteiger partial charge in [-0.1, -0.05) is 30.3 Å². The monoisotopic (exact) mass is 490 g/mol.